The van der Waals surface area contributed by atoms with Gasteiger partial charge in [0.2, 0.25) is 0 Å². The first-order valence-corrected chi connectivity index (χ1v) is 7.99. The van der Waals surface area contributed by atoms with Gasteiger partial charge in [-0.3, -0.25) is 0 Å². The van der Waals surface area contributed by atoms with E-state index in [1.165, 1.54) is 12.8 Å². The summed E-state index contributed by atoms with van der Waals surface area (Å²) in [6.45, 7) is 2.17. The second kappa shape index (κ2) is 8.56. The second-order valence-corrected chi connectivity index (χ2v) is 5.66. The van der Waals surface area contributed by atoms with Crippen molar-refractivity contribution in [1.29, 1.82) is 0 Å². The van der Waals surface area contributed by atoms with E-state index < -0.39 is 17.5 Å². The molecule has 0 aliphatic carbocycles. The highest BCUT2D eigenvalue weighted by Gasteiger charge is 2.10. The predicted molar refractivity (Wildman–Crippen MR) is 88.7 cm³/mol. The van der Waals surface area contributed by atoms with Crippen molar-refractivity contribution in [1.82, 2.24) is 0 Å². The molecule has 0 N–H and O–H groups in total. The van der Waals surface area contributed by atoms with Gasteiger partial charge in [-0.05, 0) is 48.1 Å². The molecule has 0 heterocycles. The van der Waals surface area contributed by atoms with Crippen molar-refractivity contribution in [2.45, 2.75) is 39.0 Å². The van der Waals surface area contributed by atoms with Crippen molar-refractivity contribution in [3.63, 3.8) is 0 Å². The van der Waals surface area contributed by atoms with E-state index in [1.807, 2.05) is 24.3 Å². The fourth-order valence-corrected chi connectivity index (χ4v) is 2.38. The molecule has 3 heteroatoms. The molecule has 0 saturated heterocycles. The fraction of sp³-hybridized carbons (Fsp3) is 0.300. The van der Waals surface area contributed by atoms with Crippen molar-refractivity contribution in [2.24, 2.45) is 0 Å². The van der Waals surface area contributed by atoms with Gasteiger partial charge in [0.25, 0.3) is 0 Å². The molecule has 0 aromatic heterocycles. The summed E-state index contributed by atoms with van der Waals surface area (Å²) in [6, 6.07) is 10.2. The van der Waals surface area contributed by atoms with E-state index in [-0.39, 0.29) is 0 Å². The number of allylic oxidation sites excluding steroid dienone is 1. The van der Waals surface area contributed by atoms with Gasteiger partial charge in [0, 0.05) is 0 Å². The van der Waals surface area contributed by atoms with Crippen LogP contribution in [-0.2, 0) is 12.8 Å². The zero-order valence-electron chi connectivity index (χ0n) is 13.3. The summed E-state index contributed by atoms with van der Waals surface area (Å²) >= 11 is 0. The fourth-order valence-electron chi connectivity index (χ4n) is 2.38. The van der Waals surface area contributed by atoms with Crippen LogP contribution in [-0.4, -0.2) is 0 Å². The molecule has 23 heavy (non-hydrogen) atoms. The number of unbranched alkanes of at least 4 members (excludes halogenated alkanes) is 2. The monoisotopic (exact) mass is 318 g/mol. The lowest BCUT2D eigenvalue weighted by molar-refractivity contribution is 0.445. The number of rotatable bonds is 7. The van der Waals surface area contributed by atoms with Crippen LogP contribution in [0.25, 0.3) is 6.08 Å². The molecule has 0 saturated carbocycles. The minimum absolute atomic E-state index is 0.463. The summed E-state index contributed by atoms with van der Waals surface area (Å²) < 4.78 is 39.3. The molecule has 0 fully saturated rings. The van der Waals surface area contributed by atoms with Gasteiger partial charge in [-0.25, -0.2) is 13.2 Å². The number of hydrogen-bond acceptors (Lipinski definition) is 0. The SMILES string of the molecule is CCCCC=Cc1ccc(CCc2cc(F)c(F)c(F)c2)cc1. The van der Waals surface area contributed by atoms with Crippen LogP contribution in [0.3, 0.4) is 0 Å². The molecule has 0 spiro atoms. The first-order valence-electron chi connectivity index (χ1n) is 7.99. The second-order valence-electron chi connectivity index (χ2n) is 5.66. The molecule has 0 unspecified atom stereocenters. The van der Waals surface area contributed by atoms with E-state index in [4.69, 9.17) is 0 Å². The van der Waals surface area contributed by atoms with Gasteiger partial charge in [-0.2, -0.15) is 0 Å². The lowest BCUT2D eigenvalue weighted by Crippen LogP contribution is -1.97. The lowest BCUT2D eigenvalue weighted by atomic mass is 10.0. The molecule has 0 amide bonds. The van der Waals surface area contributed by atoms with Gasteiger partial charge < -0.3 is 0 Å². The number of halogens is 3. The molecule has 0 radical (unpaired) electrons. The average molecular weight is 318 g/mol. The Bertz CT molecular complexity index is 634. The van der Waals surface area contributed by atoms with Crippen molar-refractivity contribution >= 4 is 6.08 Å². The molecule has 0 aliphatic rings. The number of hydrogen-bond donors (Lipinski definition) is 0. The molecule has 0 nitrogen and oxygen atoms in total. The number of aryl methyl sites for hydroxylation is 2. The molecule has 0 aliphatic heterocycles. The van der Waals surface area contributed by atoms with Gasteiger partial charge in [0.05, 0.1) is 0 Å². The van der Waals surface area contributed by atoms with Gasteiger partial charge in [-0.15, -0.1) is 0 Å². The highest BCUT2D eigenvalue weighted by Crippen LogP contribution is 2.16. The standard InChI is InChI=1S/C20H21F3/c1-2-3-4-5-6-15-7-9-16(10-8-15)11-12-17-13-18(21)20(23)19(22)14-17/h5-10,13-14H,2-4,11-12H2,1H3. The lowest BCUT2D eigenvalue weighted by Gasteiger charge is -2.05. The number of benzene rings is 2. The molecular formula is C20H21F3. The highest BCUT2D eigenvalue weighted by atomic mass is 19.2. The topological polar surface area (TPSA) is 0 Å². The summed E-state index contributed by atoms with van der Waals surface area (Å²) in [7, 11) is 0. The molecule has 0 bridgehead atoms. The van der Waals surface area contributed by atoms with Crippen LogP contribution in [0.5, 0.6) is 0 Å². The summed E-state index contributed by atoms with van der Waals surface area (Å²) in [6.07, 6.45) is 8.87. The van der Waals surface area contributed by atoms with Crippen LogP contribution in [0, 0.1) is 17.5 Å². The third kappa shape index (κ3) is 5.27. The van der Waals surface area contributed by atoms with Crippen LogP contribution in [0.1, 0.15) is 42.9 Å². The first-order chi connectivity index (χ1) is 11.1. The molecule has 2 aromatic rings. The first kappa shape index (κ1) is 17.3. The van der Waals surface area contributed by atoms with E-state index in [0.29, 0.717) is 18.4 Å². The highest BCUT2D eigenvalue weighted by molar-refractivity contribution is 5.49. The van der Waals surface area contributed by atoms with E-state index in [9.17, 15) is 13.2 Å². The van der Waals surface area contributed by atoms with Gasteiger partial charge in [-0.1, -0.05) is 56.2 Å². The average Bonchev–Trinajstić information content (AvgIpc) is 2.55. The van der Waals surface area contributed by atoms with Gasteiger partial charge in [0.15, 0.2) is 17.5 Å². The maximum Gasteiger partial charge on any atom is 0.194 e. The Kier molecular flexibility index (Phi) is 6.45. The summed E-state index contributed by atoms with van der Waals surface area (Å²) in [5, 5.41) is 0. The van der Waals surface area contributed by atoms with Crippen LogP contribution in [0.2, 0.25) is 0 Å². The Morgan fingerprint density at radius 3 is 2.09 bits per heavy atom. The zero-order chi connectivity index (χ0) is 16.7. The maximum absolute atomic E-state index is 13.2. The predicted octanol–water partition coefficient (Wildman–Crippen LogP) is 6.09. The Labute approximate surface area is 135 Å². The largest absolute Gasteiger partial charge is 0.204 e. The Balaban J connectivity index is 1.92. The molecule has 122 valence electrons. The van der Waals surface area contributed by atoms with E-state index in [0.717, 1.165) is 29.7 Å². The summed E-state index contributed by atoms with van der Waals surface area (Å²) in [5.41, 5.74) is 2.69. The minimum Gasteiger partial charge on any atom is -0.204 e. The maximum atomic E-state index is 13.2. The van der Waals surface area contributed by atoms with Gasteiger partial charge >= 0.3 is 0 Å². The van der Waals surface area contributed by atoms with E-state index in [2.05, 4.69) is 19.1 Å². The van der Waals surface area contributed by atoms with E-state index >= 15 is 0 Å². The van der Waals surface area contributed by atoms with Crippen molar-refractivity contribution < 1.29 is 13.2 Å². The quantitative estimate of drug-likeness (QED) is 0.428. The molecule has 2 rings (SSSR count). The Morgan fingerprint density at radius 2 is 1.48 bits per heavy atom. The minimum atomic E-state index is -1.41. The van der Waals surface area contributed by atoms with Crippen molar-refractivity contribution in [3.8, 4) is 0 Å². The van der Waals surface area contributed by atoms with Crippen molar-refractivity contribution in [2.75, 3.05) is 0 Å². The summed E-state index contributed by atoms with van der Waals surface area (Å²) in [5.74, 6) is -3.67. The van der Waals surface area contributed by atoms with Crippen LogP contribution >= 0.6 is 0 Å². The third-order valence-corrected chi connectivity index (χ3v) is 3.76. The molecule has 2 aromatic carbocycles. The molecular weight excluding hydrogens is 297 g/mol. The Morgan fingerprint density at radius 1 is 0.870 bits per heavy atom. The Hall–Kier alpha value is -2.03. The third-order valence-electron chi connectivity index (χ3n) is 3.76. The zero-order valence-corrected chi connectivity index (χ0v) is 13.3. The van der Waals surface area contributed by atoms with Crippen LogP contribution < -0.4 is 0 Å². The summed E-state index contributed by atoms with van der Waals surface area (Å²) in [4.78, 5) is 0. The van der Waals surface area contributed by atoms with Crippen LogP contribution in [0.4, 0.5) is 13.2 Å². The van der Waals surface area contributed by atoms with E-state index in [1.54, 1.807) is 0 Å². The van der Waals surface area contributed by atoms with Crippen molar-refractivity contribution in [3.05, 3.63) is 76.6 Å². The van der Waals surface area contributed by atoms with Crippen LogP contribution in [0.15, 0.2) is 42.5 Å². The normalized spacial score (nSPS) is 11.3. The molecule has 0 atom stereocenters. The van der Waals surface area contributed by atoms with Gasteiger partial charge in [0.1, 0.15) is 0 Å². The smallest absolute Gasteiger partial charge is 0.194 e.